The van der Waals surface area contributed by atoms with Crippen molar-refractivity contribution >= 4 is 27.3 Å². The summed E-state index contributed by atoms with van der Waals surface area (Å²) in [5, 5.41) is 0. The Hall–Kier alpha value is 0.140. The Labute approximate surface area is 123 Å². The van der Waals surface area contributed by atoms with Gasteiger partial charge in [0, 0.05) is 10.9 Å². The van der Waals surface area contributed by atoms with Gasteiger partial charge in [0.1, 0.15) is 0 Å². The number of halogens is 1. The zero-order valence-corrected chi connectivity index (χ0v) is 13.6. The van der Waals surface area contributed by atoms with Gasteiger partial charge in [-0.2, -0.15) is 0 Å². The molecule has 0 bridgehead atoms. The molecule has 0 aliphatic heterocycles. The third-order valence-corrected chi connectivity index (χ3v) is 6.01. The van der Waals surface area contributed by atoms with Gasteiger partial charge in [0.15, 0.2) is 0 Å². The Balaban J connectivity index is 1.82. The van der Waals surface area contributed by atoms with Crippen molar-refractivity contribution in [2.24, 2.45) is 17.6 Å². The molecule has 1 atom stereocenters. The first-order valence-corrected chi connectivity index (χ1v) is 8.82. The highest BCUT2D eigenvalue weighted by Crippen LogP contribution is 2.39. The molecule has 1 unspecified atom stereocenters. The standard InChI is InChI=1S/C15H24BrNS/c1-2-3-4-11-5-7-12(8-6-11)15(17)13-9-10-14(16)18-13/h9-12,15H,2-8,17H2,1H3. The molecule has 0 radical (unpaired) electrons. The monoisotopic (exact) mass is 329 g/mol. The number of rotatable bonds is 5. The summed E-state index contributed by atoms with van der Waals surface area (Å²) < 4.78 is 1.20. The van der Waals surface area contributed by atoms with Gasteiger partial charge in [-0.1, -0.05) is 39.0 Å². The van der Waals surface area contributed by atoms with Crippen molar-refractivity contribution in [3.05, 3.63) is 20.8 Å². The summed E-state index contributed by atoms with van der Waals surface area (Å²) in [5.41, 5.74) is 6.42. The minimum absolute atomic E-state index is 0.258. The predicted molar refractivity (Wildman–Crippen MR) is 83.9 cm³/mol. The van der Waals surface area contributed by atoms with Crippen LogP contribution in [0.3, 0.4) is 0 Å². The Bertz CT molecular complexity index is 355. The van der Waals surface area contributed by atoms with E-state index in [1.165, 1.54) is 53.6 Å². The number of nitrogens with two attached hydrogens (primary N) is 1. The second-order valence-corrected chi connectivity index (χ2v) is 8.09. The molecule has 0 amide bonds. The second kappa shape index (κ2) is 7.06. The first kappa shape index (κ1) is 14.5. The Morgan fingerprint density at radius 2 is 2.06 bits per heavy atom. The van der Waals surface area contributed by atoms with Gasteiger partial charge in [0.2, 0.25) is 0 Å². The summed E-state index contributed by atoms with van der Waals surface area (Å²) in [7, 11) is 0. The first-order valence-electron chi connectivity index (χ1n) is 7.21. The van der Waals surface area contributed by atoms with Crippen LogP contribution in [0.5, 0.6) is 0 Å². The minimum Gasteiger partial charge on any atom is -0.323 e. The fraction of sp³-hybridized carbons (Fsp3) is 0.733. The molecule has 1 aromatic heterocycles. The number of hydrogen-bond donors (Lipinski definition) is 1. The average Bonchev–Trinajstić information content (AvgIpc) is 2.83. The molecule has 102 valence electrons. The van der Waals surface area contributed by atoms with Crippen LogP contribution in [0.4, 0.5) is 0 Å². The molecular weight excluding hydrogens is 306 g/mol. The summed E-state index contributed by atoms with van der Waals surface area (Å²) >= 11 is 5.32. The summed E-state index contributed by atoms with van der Waals surface area (Å²) in [6.07, 6.45) is 9.61. The van der Waals surface area contributed by atoms with Crippen LogP contribution >= 0.6 is 27.3 Å². The van der Waals surface area contributed by atoms with Gasteiger partial charge < -0.3 is 5.73 Å². The molecule has 1 aliphatic carbocycles. The highest BCUT2D eigenvalue weighted by Gasteiger charge is 2.26. The van der Waals surface area contributed by atoms with Crippen LogP contribution in [0.2, 0.25) is 0 Å². The highest BCUT2D eigenvalue weighted by atomic mass is 79.9. The van der Waals surface area contributed by atoms with Crippen molar-refractivity contribution in [2.75, 3.05) is 0 Å². The molecule has 2 rings (SSSR count). The topological polar surface area (TPSA) is 26.0 Å². The van der Waals surface area contributed by atoms with E-state index in [1.807, 2.05) is 0 Å². The van der Waals surface area contributed by atoms with Crippen molar-refractivity contribution < 1.29 is 0 Å². The fourth-order valence-electron chi connectivity index (χ4n) is 3.07. The van der Waals surface area contributed by atoms with E-state index < -0.39 is 0 Å². The fourth-order valence-corrected chi connectivity index (χ4v) is 4.59. The summed E-state index contributed by atoms with van der Waals surface area (Å²) in [6.45, 7) is 2.29. The molecule has 0 aromatic carbocycles. The molecule has 1 nitrogen and oxygen atoms in total. The molecule has 18 heavy (non-hydrogen) atoms. The molecule has 1 heterocycles. The van der Waals surface area contributed by atoms with Gasteiger partial charge in [-0.25, -0.2) is 0 Å². The molecule has 2 N–H and O–H groups in total. The van der Waals surface area contributed by atoms with Crippen LogP contribution < -0.4 is 5.73 Å². The van der Waals surface area contributed by atoms with E-state index in [9.17, 15) is 0 Å². The molecule has 0 spiro atoms. The number of unbranched alkanes of at least 4 members (excludes halogenated alkanes) is 1. The van der Waals surface area contributed by atoms with Crippen molar-refractivity contribution in [3.63, 3.8) is 0 Å². The SMILES string of the molecule is CCCCC1CCC(C(N)c2ccc(Br)s2)CC1. The Kier molecular flexibility index (Phi) is 5.71. The maximum absolute atomic E-state index is 6.42. The highest BCUT2D eigenvalue weighted by molar-refractivity contribution is 9.11. The van der Waals surface area contributed by atoms with Crippen LogP contribution in [-0.2, 0) is 0 Å². The van der Waals surface area contributed by atoms with Gasteiger partial charge in [-0.05, 0) is 52.7 Å². The summed E-state index contributed by atoms with van der Waals surface area (Å²) in [6, 6.07) is 4.56. The molecule has 3 heteroatoms. The molecule has 1 aromatic rings. The predicted octanol–water partition coefficient (Wildman–Crippen LogP) is 5.51. The number of hydrogen-bond acceptors (Lipinski definition) is 2. The van der Waals surface area contributed by atoms with E-state index in [1.54, 1.807) is 11.3 Å². The second-order valence-electron chi connectivity index (χ2n) is 5.59. The van der Waals surface area contributed by atoms with E-state index in [2.05, 4.69) is 35.0 Å². The van der Waals surface area contributed by atoms with Crippen LogP contribution in [-0.4, -0.2) is 0 Å². The molecule has 1 saturated carbocycles. The smallest absolute Gasteiger partial charge is 0.0701 e. The zero-order valence-electron chi connectivity index (χ0n) is 11.2. The Morgan fingerprint density at radius 1 is 1.33 bits per heavy atom. The van der Waals surface area contributed by atoms with Gasteiger partial charge in [-0.3, -0.25) is 0 Å². The van der Waals surface area contributed by atoms with Gasteiger partial charge in [0.05, 0.1) is 3.79 Å². The van der Waals surface area contributed by atoms with Gasteiger partial charge in [0.25, 0.3) is 0 Å². The van der Waals surface area contributed by atoms with Crippen LogP contribution in [0.15, 0.2) is 15.9 Å². The van der Waals surface area contributed by atoms with Crippen LogP contribution in [0.25, 0.3) is 0 Å². The lowest BCUT2D eigenvalue weighted by Crippen LogP contribution is -2.25. The normalized spacial score (nSPS) is 26.2. The summed E-state index contributed by atoms with van der Waals surface area (Å²) in [4.78, 5) is 1.35. The van der Waals surface area contributed by atoms with Crippen molar-refractivity contribution in [1.82, 2.24) is 0 Å². The lowest BCUT2D eigenvalue weighted by Gasteiger charge is -2.31. The molecular formula is C15H24BrNS. The van der Waals surface area contributed by atoms with Crippen LogP contribution in [0, 0.1) is 11.8 Å². The summed E-state index contributed by atoms with van der Waals surface area (Å²) in [5.74, 6) is 1.68. The molecule has 1 aliphatic rings. The number of thiophene rings is 1. The van der Waals surface area contributed by atoms with Crippen LogP contribution in [0.1, 0.15) is 62.8 Å². The van der Waals surface area contributed by atoms with E-state index in [0.29, 0.717) is 5.92 Å². The third kappa shape index (κ3) is 3.82. The van der Waals surface area contributed by atoms with Crippen molar-refractivity contribution in [2.45, 2.75) is 57.9 Å². The van der Waals surface area contributed by atoms with E-state index >= 15 is 0 Å². The van der Waals surface area contributed by atoms with E-state index in [4.69, 9.17) is 5.73 Å². The largest absolute Gasteiger partial charge is 0.323 e. The first-order chi connectivity index (χ1) is 8.70. The zero-order chi connectivity index (χ0) is 13.0. The molecule has 0 saturated heterocycles. The molecule has 1 fully saturated rings. The van der Waals surface area contributed by atoms with E-state index in [0.717, 1.165) is 5.92 Å². The van der Waals surface area contributed by atoms with Crippen molar-refractivity contribution in [1.29, 1.82) is 0 Å². The van der Waals surface area contributed by atoms with Crippen molar-refractivity contribution in [3.8, 4) is 0 Å². The third-order valence-electron chi connectivity index (χ3n) is 4.29. The van der Waals surface area contributed by atoms with Gasteiger partial charge >= 0.3 is 0 Å². The Morgan fingerprint density at radius 3 is 2.61 bits per heavy atom. The maximum Gasteiger partial charge on any atom is 0.0701 e. The lowest BCUT2D eigenvalue weighted by molar-refractivity contribution is 0.234. The average molecular weight is 330 g/mol. The van der Waals surface area contributed by atoms with Gasteiger partial charge in [-0.15, -0.1) is 11.3 Å². The minimum atomic E-state index is 0.258. The maximum atomic E-state index is 6.42. The van der Waals surface area contributed by atoms with E-state index in [-0.39, 0.29) is 6.04 Å². The lowest BCUT2D eigenvalue weighted by atomic mass is 9.77. The quantitative estimate of drug-likeness (QED) is 0.757.